The zero-order valence-electron chi connectivity index (χ0n) is 15.4. The third-order valence-electron chi connectivity index (χ3n) is 5.39. The number of hydrogen-bond donors (Lipinski definition) is 2. The van der Waals surface area contributed by atoms with Crippen LogP contribution in [0, 0.1) is 11.3 Å². The molecule has 0 radical (unpaired) electrons. The highest BCUT2D eigenvalue weighted by Crippen LogP contribution is 2.48. The number of H-pyrrole nitrogens is 1. The monoisotopic (exact) mass is 357 g/mol. The second-order valence-electron chi connectivity index (χ2n) is 7.15. The van der Waals surface area contributed by atoms with Gasteiger partial charge in [-0.3, -0.25) is 4.79 Å². The van der Waals surface area contributed by atoms with Crippen LogP contribution in [0.3, 0.4) is 0 Å². The molecule has 0 aliphatic heterocycles. The van der Waals surface area contributed by atoms with Gasteiger partial charge in [0.2, 0.25) is 0 Å². The highest BCUT2D eigenvalue weighted by Gasteiger charge is 2.46. The van der Waals surface area contributed by atoms with E-state index in [4.69, 9.17) is 5.41 Å². The molecular weight excluding hydrogens is 334 g/mol. The van der Waals surface area contributed by atoms with Gasteiger partial charge < -0.3 is 10.4 Å². The largest absolute Gasteiger partial charge is 0.341 e. The maximum atomic E-state index is 12.9. The fraction of sp³-hybridized carbons (Fsp3) is 0.261. The second kappa shape index (κ2) is 7.31. The lowest BCUT2D eigenvalue weighted by atomic mass is 9.93. The standard InChI is InChI=1S/C23H23N3O/c1-2-17(23-25-14-20(26-23)16-11-7-4-8-12-16)21(24)22(27)19-13-18(19)15-9-5-3-6-10-15/h3-12,14,17-19,24H,2,13H2,1H3,(H,25,26). The number of benzene rings is 2. The average Bonchev–Trinajstić information content (AvgIpc) is 3.38. The Morgan fingerprint density at radius 1 is 1.15 bits per heavy atom. The summed E-state index contributed by atoms with van der Waals surface area (Å²) in [5, 5.41) is 8.52. The molecule has 1 fully saturated rings. The third kappa shape index (κ3) is 3.47. The van der Waals surface area contributed by atoms with E-state index >= 15 is 0 Å². The van der Waals surface area contributed by atoms with Crippen LogP contribution in [0.15, 0.2) is 66.9 Å². The normalized spacial score (nSPS) is 19.4. The van der Waals surface area contributed by atoms with Gasteiger partial charge in [-0.1, -0.05) is 67.6 Å². The van der Waals surface area contributed by atoms with Crippen molar-refractivity contribution in [1.29, 1.82) is 5.41 Å². The van der Waals surface area contributed by atoms with Crippen LogP contribution in [-0.4, -0.2) is 21.5 Å². The lowest BCUT2D eigenvalue weighted by Gasteiger charge is -2.13. The molecule has 1 heterocycles. The van der Waals surface area contributed by atoms with Crippen LogP contribution in [0.1, 0.15) is 43.0 Å². The zero-order chi connectivity index (χ0) is 18.8. The Morgan fingerprint density at radius 3 is 2.48 bits per heavy atom. The van der Waals surface area contributed by atoms with E-state index in [-0.39, 0.29) is 29.2 Å². The summed E-state index contributed by atoms with van der Waals surface area (Å²) in [6.07, 6.45) is 3.30. The number of hydrogen-bond acceptors (Lipinski definition) is 3. The summed E-state index contributed by atoms with van der Waals surface area (Å²) in [6, 6.07) is 20.1. The summed E-state index contributed by atoms with van der Waals surface area (Å²) in [6.45, 7) is 2.00. The number of carbonyl (C=O) groups excluding carboxylic acids is 1. The molecule has 4 heteroatoms. The van der Waals surface area contributed by atoms with Gasteiger partial charge >= 0.3 is 0 Å². The highest BCUT2D eigenvalue weighted by atomic mass is 16.1. The number of carbonyl (C=O) groups is 1. The number of Topliss-reactive ketones (excluding diaryl/α,β-unsaturated/α-hetero) is 1. The van der Waals surface area contributed by atoms with E-state index in [1.165, 1.54) is 5.56 Å². The Kier molecular flexibility index (Phi) is 4.71. The molecule has 0 spiro atoms. The van der Waals surface area contributed by atoms with Crippen molar-refractivity contribution >= 4 is 11.5 Å². The van der Waals surface area contributed by atoms with Crippen LogP contribution in [0.5, 0.6) is 0 Å². The number of ketones is 1. The van der Waals surface area contributed by atoms with Crippen molar-refractivity contribution in [3.05, 3.63) is 78.2 Å². The van der Waals surface area contributed by atoms with Gasteiger partial charge in [-0.05, 0) is 29.9 Å². The van der Waals surface area contributed by atoms with Crippen molar-refractivity contribution in [1.82, 2.24) is 9.97 Å². The van der Waals surface area contributed by atoms with E-state index in [0.29, 0.717) is 12.2 Å². The fourth-order valence-electron chi connectivity index (χ4n) is 3.74. The van der Waals surface area contributed by atoms with Gasteiger partial charge in [-0.15, -0.1) is 0 Å². The molecule has 3 atom stereocenters. The Hall–Kier alpha value is -3.01. The molecule has 1 saturated carbocycles. The predicted molar refractivity (Wildman–Crippen MR) is 107 cm³/mol. The van der Waals surface area contributed by atoms with E-state index in [1.807, 2.05) is 55.5 Å². The van der Waals surface area contributed by atoms with E-state index < -0.39 is 0 Å². The third-order valence-corrected chi connectivity index (χ3v) is 5.39. The van der Waals surface area contributed by atoms with Crippen LogP contribution >= 0.6 is 0 Å². The predicted octanol–water partition coefficient (Wildman–Crippen LogP) is 4.96. The van der Waals surface area contributed by atoms with Gasteiger partial charge in [0, 0.05) is 5.92 Å². The van der Waals surface area contributed by atoms with Crippen molar-refractivity contribution in [2.75, 3.05) is 0 Å². The molecule has 0 bridgehead atoms. The van der Waals surface area contributed by atoms with Gasteiger partial charge in [0.15, 0.2) is 5.78 Å². The molecule has 3 unspecified atom stereocenters. The van der Waals surface area contributed by atoms with Crippen LogP contribution in [-0.2, 0) is 4.79 Å². The molecular formula is C23H23N3O. The van der Waals surface area contributed by atoms with Gasteiger partial charge in [-0.2, -0.15) is 0 Å². The molecule has 136 valence electrons. The van der Waals surface area contributed by atoms with E-state index in [9.17, 15) is 4.79 Å². The summed E-state index contributed by atoms with van der Waals surface area (Å²) in [5.41, 5.74) is 3.34. The van der Waals surface area contributed by atoms with Gasteiger partial charge in [0.25, 0.3) is 0 Å². The van der Waals surface area contributed by atoms with Crippen molar-refractivity contribution in [2.24, 2.45) is 5.92 Å². The number of nitrogens with zero attached hydrogens (tertiary/aromatic N) is 1. The molecule has 4 rings (SSSR count). The number of aromatic amines is 1. The Morgan fingerprint density at radius 2 is 1.81 bits per heavy atom. The van der Waals surface area contributed by atoms with Crippen molar-refractivity contribution < 1.29 is 4.79 Å². The molecule has 2 N–H and O–H groups in total. The van der Waals surface area contributed by atoms with Gasteiger partial charge in [0.1, 0.15) is 5.82 Å². The number of aromatic nitrogens is 2. The summed E-state index contributed by atoms with van der Waals surface area (Å²) < 4.78 is 0. The first-order valence-corrected chi connectivity index (χ1v) is 9.47. The number of imidazole rings is 1. The molecule has 3 aromatic rings. The molecule has 1 aliphatic rings. The van der Waals surface area contributed by atoms with Crippen LogP contribution < -0.4 is 0 Å². The summed E-state index contributed by atoms with van der Waals surface area (Å²) >= 11 is 0. The molecule has 0 saturated heterocycles. The van der Waals surface area contributed by atoms with E-state index in [0.717, 1.165) is 17.7 Å². The molecule has 2 aromatic carbocycles. The molecule has 27 heavy (non-hydrogen) atoms. The van der Waals surface area contributed by atoms with Crippen LogP contribution in [0.25, 0.3) is 11.3 Å². The number of nitrogens with one attached hydrogen (secondary N) is 2. The minimum atomic E-state index is -0.285. The first-order valence-electron chi connectivity index (χ1n) is 9.47. The lowest BCUT2D eigenvalue weighted by Crippen LogP contribution is -2.24. The first-order chi connectivity index (χ1) is 13.2. The van der Waals surface area contributed by atoms with Crippen molar-refractivity contribution in [2.45, 2.75) is 31.6 Å². The minimum absolute atomic E-state index is 0.0339. The SMILES string of the molecule is CCC(C(=N)C(=O)C1CC1c1ccccc1)c1ncc(-c2ccccc2)[nH]1. The van der Waals surface area contributed by atoms with Crippen LogP contribution in [0.4, 0.5) is 0 Å². The fourth-order valence-corrected chi connectivity index (χ4v) is 3.74. The second-order valence-corrected chi connectivity index (χ2v) is 7.15. The molecule has 1 aliphatic carbocycles. The maximum absolute atomic E-state index is 12.9. The Balaban J connectivity index is 1.49. The smallest absolute Gasteiger partial charge is 0.180 e. The topological polar surface area (TPSA) is 69.6 Å². The Labute approximate surface area is 159 Å². The average molecular weight is 357 g/mol. The maximum Gasteiger partial charge on any atom is 0.180 e. The van der Waals surface area contributed by atoms with Gasteiger partial charge in [0.05, 0.1) is 23.5 Å². The molecule has 0 amide bonds. The van der Waals surface area contributed by atoms with Crippen molar-refractivity contribution in [3.63, 3.8) is 0 Å². The van der Waals surface area contributed by atoms with E-state index in [2.05, 4.69) is 22.1 Å². The molecule has 1 aromatic heterocycles. The van der Waals surface area contributed by atoms with E-state index in [1.54, 1.807) is 6.20 Å². The van der Waals surface area contributed by atoms with Gasteiger partial charge in [-0.25, -0.2) is 4.98 Å². The lowest BCUT2D eigenvalue weighted by molar-refractivity contribution is -0.114. The Bertz CT molecular complexity index is 946. The minimum Gasteiger partial charge on any atom is -0.341 e. The van der Waals surface area contributed by atoms with Crippen LogP contribution in [0.2, 0.25) is 0 Å². The zero-order valence-corrected chi connectivity index (χ0v) is 15.4. The van der Waals surface area contributed by atoms with Crippen molar-refractivity contribution in [3.8, 4) is 11.3 Å². The summed E-state index contributed by atoms with van der Waals surface area (Å²) in [4.78, 5) is 20.7. The molecule has 4 nitrogen and oxygen atoms in total. The summed E-state index contributed by atoms with van der Waals surface area (Å²) in [7, 11) is 0. The summed E-state index contributed by atoms with van der Waals surface area (Å²) in [5.74, 6) is 0.581. The highest BCUT2D eigenvalue weighted by molar-refractivity contribution is 6.42. The number of rotatable bonds is 7. The quantitative estimate of drug-likeness (QED) is 0.587. The first kappa shape index (κ1) is 17.4.